The summed E-state index contributed by atoms with van der Waals surface area (Å²) < 4.78 is 0.981. The lowest BCUT2D eigenvalue weighted by atomic mass is 10.1. The van der Waals surface area contributed by atoms with Crippen LogP contribution in [-0.4, -0.2) is 4.98 Å². The first-order valence-corrected chi connectivity index (χ1v) is 7.39. The Morgan fingerprint density at radius 2 is 2.00 bits per heavy atom. The standard InChI is InChI=1S/C14H13BrCl2N2/c1-9(11-2-3-13(16)14(17)5-11)19-7-10-4-12(15)8-18-6-10/h2-6,8-9,19H,7H2,1H3. The van der Waals surface area contributed by atoms with E-state index in [0.717, 1.165) is 22.1 Å². The first-order chi connectivity index (χ1) is 9.06. The van der Waals surface area contributed by atoms with E-state index in [4.69, 9.17) is 23.2 Å². The summed E-state index contributed by atoms with van der Waals surface area (Å²) in [7, 11) is 0. The average molecular weight is 360 g/mol. The predicted octanol–water partition coefficient (Wildman–Crippen LogP) is 5.00. The van der Waals surface area contributed by atoms with Gasteiger partial charge in [0.25, 0.3) is 0 Å². The molecule has 0 spiro atoms. The van der Waals surface area contributed by atoms with Crippen LogP contribution in [0.5, 0.6) is 0 Å². The topological polar surface area (TPSA) is 24.9 Å². The van der Waals surface area contributed by atoms with Gasteiger partial charge in [0.15, 0.2) is 0 Å². The van der Waals surface area contributed by atoms with Gasteiger partial charge in [-0.25, -0.2) is 0 Å². The molecule has 1 atom stereocenters. The minimum atomic E-state index is 0.189. The Morgan fingerprint density at radius 3 is 2.68 bits per heavy atom. The van der Waals surface area contributed by atoms with Crippen molar-refractivity contribution in [3.05, 3.63) is 62.3 Å². The molecule has 1 unspecified atom stereocenters. The number of hydrogen-bond donors (Lipinski definition) is 1. The van der Waals surface area contributed by atoms with Crippen molar-refractivity contribution in [1.82, 2.24) is 10.3 Å². The molecule has 19 heavy (non-hydrogen) atoms. The highest BCUT2D eigenvalue weighted by Gasteiger charge is 2.07. The maximum atomic E-state index is 6.02. The second kappa shape index (κ2) is 6.71. The van der Waals surface area contributed by atoms with Crippen LogP contribution < -0.4 is 5.32 Å². The van der Waals surface area contributed by atoms with Gasteiger partial charge >= 0.3 is 0 Å². The molecule has 0 aliphatic heterocycles. The molecule has 2 nitrogen and oxygen atoms in total. The van der Waals surface area contributed by atoms with E-state index >= 15 is 0 Å². The van der Waals surface area contributed by atoms with Gasteiger partial charge in [0.1, 0.15) is 0 Å². The number of benzene rings is 1. The van der Waals surface area contributed by atoms with E-state index in [9.17, 15) is 0 Å². The molecule has 0 fully saturated rings. The normalized spacial score (nSPS) is 12.4. The van der Waals surface area contributed by atoms with Crippen molar-refractivity contribution < 1.29 is 0 Å². The van der Waals surface area contributed by atoms with Crippen LogP contribution in [-0.2, 0) is 6.54 Å². The van der Waals surface area contributed by atoms with Gasteiger partial charge in [0, 0.05) is 29.5 Å². The number of hydrogen-bond acceptors (Lipinski definition) is 2. The average Bonchev–Trinajstić information content (AvgIpc) is 2.39. The van der Waals surface area contributed by atoms with Gasteiger partial charge in [-0.15, -0.1) is 0 Å². The molecule has 0 saturated carbocycles. The predicted molar refractivity (Wildman–Crippen MR) is 83.7 cm³/mol. The van der Waals surface area contributed by atoms with E-state index in [1.807, 2.05) is 30.5 Å². The van der Waals surface area contributed by atoms with Crippen molar-refractivity contribution in [2.24, 2.45) is 0 Å². The van der Waals surface area contributed by atoms with E-state index in [-0.39, 0.29) is 6.04 Å². The molecule has 0 bridgehead atoms. The van der Waals surface area contributed by atoms with Crippen molar-refractivity contribution in [1.29, 1.82) is 0 Å². The minimum absolute atomic E-state index is 0.189. The van der Waals surface area contributed by atoms with Gasteiger partial charge in [0.2, 0.25) is 0 Å². The van der Waals surface area contributed by atoms with E-state index in [1.165, 1.54) is 0 Å². The highest BCUT2D eigenvalue weighted by molar-refractivity contribution is 9.10. The van der Waals surface area contributed by atoms with E-state index in [1.54, 1.807) is 6.20 Å². The summed E-state index contributed by atoms with van der Waals surface area (Å²) in [5.41, 5.74) is 2.23. The molecular formula is C14H13BrCl2N2. The lowest BCUT2D eigenvalue weighted by Crippen LogP contribution is -2.18. The fourth-order valence-corrected chi connectivity index (χ4v) is 2.44. The monoisotopic (exact) mass is 358 g/mol. The number of rotatable bonds is 4. The van der Waals surface area contributed by atoms with Crippen molar-refractivity contribution in [2.75, 3.05) is 0 Å². The first kappa shape index (κ1) is 14.8. The van der Waals surface area contributed by atoms with Gasteiger partial charge in [-0.2, -0.15) is 0 Å². The zero-order valence-corrected chi connectivity index (χ0v) is 13.4. The second-order valence-electron chi connectivity index (χ2n) is 4.29. The lowest BCUT2D eigenvalue weighted by molar-refractivity contribution is 0.574. The summed E-state index contributed by atoms with van der Waals surface area (Å²) in [6.45, 7) is 2.83. The molecule has 1 heterocycles. The Bertz CT molecular complexity index is 575. The van der Waals surface area contributed by atoms with Crippen molar-refractivity contribution >= 4 is 39.1 Å². The Labute approximate surface area is 131 Å². The van der Waals surface area contributed by atoms with Gasteiger partial charge in [0.05, 0.1) is 10.0 Å². The Kier molecular flexibility index (Phi) is 5.22. The maximum Gasteiger partial charge on any atom is 0.0595 e. The van der Waals surface area contributed by atoms with E-state index in [0.29, 0.717) is 10.0 Å². The summed E-state index contributed by atoms with van der Waals surface area (Å²) in [6, 6.07) is 7.92. The Morgan fingerprint density at radius 1 is 1.21 bits per heavy atom. The quantitative estimate of drug-likeness (QED) is 0.830. The van der Waals surface area contributed by atoms with Crippen LogP contribution in [0.25, 0.3) is 0 Å². The fourth-order valence-electron chi connectivity index (χ4n) is 1.72. The Balaban J connectivity index is 2.01. The number of halogens is 3. The molecule has 0 aliphatic carbocycles. The van der Waals surface area contributed by atoms with E-state index < -0.39 is 0 Å². The SMILES string of the molecule is CC(NCc1cncc(Br)c1)c1ccc(Cl)c(Cl)c1. The summed E-state index contributed by atoms with van der Waals surface area (Å²) in [6.07, 6.45) is 3.62. The summed E-state index contributed by atoms with van der Waals surface area (Å²) in [4.78, 5) is 4.14. The maximum absolute atomic E-state index is 6.02. The molecule has 100 valence electrons. The molecule has 5 heteroatoms. The molecule has 2 aromatic rings. The first-order valence-electron chi connectivity index (χ1n) is 5.84. The van der Waals surface area contributed by atoms with Crippen molar-refractivity contribution in [2.45, 2.75) is 19.5 Å². The van der Waals surface area contributed by atoms with Crippen molar-refractivity contribution in [3.8, 4) is 0 Å². The molecular weight excluding hydrogens is 347 g/mol. The third kappa shape index (κ3) is 4.18. The van der Waals surface area contributed by atoms with Crippen LogP contribution >= 0.6 is 39.1 Å². The largest absolute Gasteiger partial charge is 0.306 e. The van der Waals surface area contributed by atoms with Crippen LogP contribution in [0.2, 0.25) is 10.0 Å². The second-order valence-corrected chi connectivity index (χ2v) is 6.02. The number of aromatic nitrogens is 1. The van der Waals surface area contributed by atoms with Crippen LogP contribution in [0.3, 0.4) is 0 Å². The third-order valence-corrected chi connectivity index (χ3v) is 3.99. The zero-order valence-electron chi connectivity index (χ0n) is 10.3. The van der Waals surface area contributed by atoms with Crippen LogP contribution in [0, 0.1) is 0 Å². The smallest absolute Gasteiger partial charge is 0.0595 e. The number of nitrogens with zero attached hydrogens (tertiary/aromatic N) is 1. The molecule has 0 saturated heterocycles. The van der Waals surface area contributed by atoms with Gasteiger partial charge < -0.3 is 5.32 Å². The number of pyridine rings is 1. The molecule has 1 aromatic carbocycles. The van der Waals surface area contributed by atoms with Gasteiger partial charge in [-0.3, -0.25) is 4.98 Å². The van der Waals surface area contributed by atoms with Gasteiger partial charge in [-0.1, -0.05) is 29.3 Å². The van der Waals surface area contributed by atoms with Crippen LogP contribution in [0.4, 0.5) is 0 Å². The van der Waals surface area contributed by atoms with Crippen molar-refractivity contribution in [3.63, 3.8) is 0 Å². The van der Waals surface area contributed by atoms with Crippen LogP contribution in [0.1, 0.15) is 24.1 Å². The summed E-state index contributed by atoms with van der Waals surface area (Å²) in [5.74, 6) is 0. The molecule has 0 aliphatic rings. The molecule has 0 amide bonds. The van der Waals surface area contributed by atoms with Gasteiger partial charge in [-0.05, 0) is 52.2 Å². The number of nitrogens with one attached hydrogen (secondary N) is 1. The summed E-state index contributed by atoms with van der Waals surface area (Å²) in [5, 5.41) is 4.58. The minimum Gasteiger partial charge on any atom is -0.306 e. The molecule has 1 N–H and O–H groups in total. The molecule has 0 radical (unpaired) electrons. The highest BCUT2D eigenvalue weighted by Crippen LogP contribution is 2.25. The molecule has 1 aromatic heterocycles. The summed E-state index contributed by atoms with van der Waals surface area (Å²) >= 11 is 15.3. The van der Waals surface area contributed by atoms with Crippen LogP contribution in [0.15, 0.2) is 41.1 Å². The van der Waals surface area contributed by atoms with E-state index in [2.05, 4.69) is 33.2 Å². The lowest BCUT2D eigenvalue weighted by Gasteiger charge is -2.15. The third-order valence-electron chi connectivity index (χ3n) is 2.82. The Hall–Kier alpha value is -0.610. The zero-order chi connectivity index (χ0) is 13.8. The molecule has 2 rings (SSSR count). The fraction of sp³-hybridized carbons (Fsp3) is 0.214. The highest BCUT2D eigenvalue weighted by atomic mass is 79.9.